The molecule has 5 heteroatoms. The first-order chi connectivity index (χ1) is 11.6. The Bertz CT molecular complexity index is 750. The van der Waals surface area contributed by atoms with Crippen LogP contribution in [0, 0.1) is 6.92 Å². The number of likely N-dealkylation sites (tertiary alicyclic amines) is 1. The Morgan fingerprint density at radius 3 is 2.96 bits per heavy atom. The smallest absolute Gasteiger partial charge is 0.305 e. The molecule has 1 N–H and O–H groups in total. The number of rotatable bonds is 5. The van der Waals surface area contributed by atoms with Crippen molar-refractivity contribution in [1.82, 2.24) is 9.88 Å². The standard InChI is InChI=1S/C19H26N2O2S/c1-4-14-7-5-6-10-21(14)12-17-18(20-19(22)24-17)15-11-13(2)8-9-16(15)23-3/h8-9,11,14H,4-7,10,12H2,1-3H3,(H,20,22). The van der Waals surface area contributed by atoms with Gasteiger partial charge in [0, 0.05) is 23.0 Å². The van der Waals surface area contributed by atoms with E-state index in [9.17, 15) is 4.79 Å². The number of hydrogen-bond acceptors (Lipinski definition) is 4. The highest BCUT2D eigenvalue weighted by molar-refractivity contribution is 7.09. The van der Waals surface area contributed by atoms with E-state index in [0.717, 1.165) is 40.5 Å². The number of nitrogens with zero attached hydrogens (tertiary/aromatic N) is 1. The Kier molecular flexibility index (Phi) is 5.41. The van der Waals surface area contributed by atoms with Gasteiger partial charge in [0.05, 0.1) is 12.8 Å². The third-order valence-electron chi connectivity index (χ3n) is 4.91. The van der Waals surface area contributed by atoms with Crippen LogP contribution >= 0.6 is 11.3 Å². The van der Waals surface area contributed by atoms with Crippen LogP contribution in [0.2, 0.25) is 0 Å². The molecule has 1 unspecified atom stereocenters. The summed E-state index contributed by atoms with van der Waals surface area (Å²) in [5.74, 6) is 0.807. The topological polar surface area (TPSA) is 45.3 Å². The van der Waals surface area contributed by atoms with Crippen LogP contribution in [-0.2, 0) is 6.54 Å². The molecule has 24 heavy (non-hydrogen) atoms. The summed E-state index contributed by atoms with van der Waals surface area (Å²) in [6.07, 6.45) is 5.00. The number of aromatic nitrogens is 1. The van der Waals surface area contributed by atoms with Crippen molar-refractivity contribution in [2.45, 2.75) is 52.1 Å². The minimum Gasteiger partial charge on any atom is -0.496 e. The van der Waals surface area contributed by atoms with Gasteiger partial charge in [0.1, 0.15) is 5.75 Å². The van der Waals surface area contributed by atoms with E-state index >= 15 is 0 Å². The third kappa shape index (κ3) is 3.57. The number of benzene rings is 1. The average molecular weight is 346 g/mol. The molecule has 0 saturated carbocycles. The Hall–Kier alpha value is -1.59. The highest BCUT2D eigenvalue weighted by Crippen LogP contribution is 2.34. The molecule has 130 valence electrons. The molecule has 0 radical (unpaired) electrons. The van der Waals surface area contributed by atoms with Crippen LogP contribution in [0.1, 0.15) is 43.0 Å². The van der Waals surface area contributed by atoms with Crippen LogP contribution in [-0.4, -0.2) is 29.6 Å². The molecule has 1 aromatic heterocycles. The minimum absolute atomic E-state index is 0.00798. The molecule has 1 fully saturated rings. The Balaban J connectivity index is 1.96. The van der Waals surface area contributed by atoms with Crippen molar-refractivity contribution in [3.05, 3.63) is 38.3 Å². The summed E-state index contributed by atoms with van der Waals surface area (Å²) in [6.45, 7) is 6.28. The molecule has 4 nitrogen and oxygen atoms in total. The zero-order chi connectivity index (χ0) is 17.1. The van der Waals surface area contributed by atoms with Gasteiger partial charge in [-0.05, 0) is 44.9 Å². The van der Waals surface area contributed by atoms with E-state index in [0.29, 0.717) is 6.04 Å². The van der Waals surface area contributed by atoms with E-state index in [1.165, 1.54) is 37.0 Å². The summed E-state index contributed by atoms with van der Waals surface area (Å²) in [7, 11) is 1.68. The van der Waals surface area contributed by atoms with Crippen molar-refractivity contribution in [3.8, 4) is 17.0 Å². The number of aryl methyl sites for hydroxylation is 1. The van der Waals surface area contributed by atoms with Gasteiger partial charge < -0.3 is 9.72 Å². The van der Waals surface area contributed by atoms with E-state index in [2.05, 4.69) is 29.8 Å². The van der Waals surface area contributed by atoms with Crippen molar-refractivity contribution in [3.63, 3.8) is 0 Å². The predicted molar refractivity (Wildman–Crippen MR) is 100 cm³/mol. The first-order valence-electron chi connectivity index (χ1n) is 8.73. The second kappa shape index (κ2) is 7.53. The van der Waals surface area contributed by atoms with Crippen LogP contribution in [0.4, 0.5) is 0 Å². The van der Waals surface area contributed by atoms with Crippen LogP contribution < -0.4 is 9.61 Å². The lowest BCUT2D eigenvalue weighted by Crippen LogP contribution is -2.38. The van der Waals surface area contributed by atoms with Gasteiger partial charge in [0.15, 0.2) is 0 Å². The van der Waals surface area contributed by atoms with Crippen LogP contribution in [0.3, 0.4) is 0 Å². The molecule has 2 heterocycles. The molecular formula is C19H26N2O2S. The molecular weight excluding hydrogens is 320 g/mol. The Morgan fingerprint density at radius 2 is 2.21 bits per heavy atom. The molecule has 3 rings (SSSR count). The lowest BCUT2D eigenvalue weighted by atomic mass is 9.99. The lowest BCUT2D eigenvalue weighted by Gasteiger charge is -2.35. The number of H-pyrrole nitrogens is 1. The summed E-state index contributed by atoms with van der Waals surface area (Å²) in [5, 5.41) is 0. The van der Waals surface area contributed by atoms with Gasteiger partial charge in [-0.2, -0.15) is 0 Å². The molecule has 0 spiro atoms. The number of hydrogen-bond donors (Lipinski definition) is 1. The fourth-order valence-electron chi connectivity index (χ4n) is 3.62. The fraction of sp³-hybridized carbons (Fsp3) is 0.526. The monoisotopic (exact) mass is 346 g/mol. The fourth-order valence-corrected chi connectivity index (χ4v) is 4.49. The maximum absolute atomic E-state index is 12.1. The molecule has 1 aliphatic rings. The van der Waals surface area contributed by atoms with Crippen LogP contribution in [0.5, 0.6) is 5.75 Å². The summed E-state index contributed by atoms with van der Waals surface area (Å²) in [6, 6.07) is 6.72. The van der Waals surface area contributed by atoms with Gasteiger partial charge in [-0.3, -0.25) is 9.69 Å². The van der Waals surface area contributed by atoms with Gasteiger partial charge in [0.2, 0.25) is 0 Å². The normalized spacial score (nSPS) is 18.7. The van der Waals surface area contributed by atoms with E-state index in [1.807, 2.05) is 12.1 Å². The Labute approximate surface area is 147 Å². The number of piperidine rings is 1. The molecule has 1 saturated heterocycles. The van der Waals surface area contributed by atoms with Crippen molar-refractivity contribution in [1.29, 1.82) is 0 Å². The van der Waals surface area contributed by atoms with Crippen LogP contribution in [0.15, 0.2) is 23.0 Å². The first-order valence-corrected chi connectivity index (χ1v) is 9.55. The van der Waals surface area contributed by atoms with E-state index < -0.39 is 0 Å². The molecule has 0 aliphatic carbocycles. The second-order valence-corrected chi connectivity index (χ2v) is 7.61. The van der Waals surface area contributed by atoms with Crippen molar-refractivity contribution >= 4 is 11.3 Å². The van der Waals surface area contributed by atoms with E-state index in [-0.39, 0.29) is 4.87 Å². The molecule has 0 bridgehead atoms. The average Bonchev–Trinajstić information content (AvgIpc) is 2.95. The van der Waals surface area contributed by atoms with Crippen molar-refractivity contribution in [2.24, 2.45) is 0 Å². The van der Waals surface area contributed by atoms with Gasteiger partial charge in [-0.1, -0.05) is 36.3 Å². The predicted octanol–water partition coefficient (Wildman–Crippen LogP) is 4.18. The number of methoxy groups -OCH3 is 1. The second-order valence-electron chi connectivity index (χ2n) is 6.54. The van der Waals surface area contributed by atoms with E-state index in [4.69, 9.17) is 4.74 Å². The van der Waals surface area contributed by atoms with Crippen molar-refractivity contribution < 1.29 is 4.74 Å². The largest absolute Gasteiger partial charge is 0.496 e. The third-order valence-corrected chi connectivity index (χ3v) is 5.78. The minimum atomic E-state index is 0.00798. The van der Waals surface area contributed by atoms with E-state index in [1.54, 1.807) is 7.11 Å². The summed E-state index contributed by atoms with van der Waals surface area (Å²) >= 11 is 1.33. The molecule has 1 atom stereocenters. The number of thiazole rings is 1. The van der Waals surface area contributed by atoms with Gasteiger partial charge in [-0.25, -0.2) is 0 Å². The van der Waals surface area contributed by atoms with Gasteiger partial charge >= 0.3 is 4.87 Å². The van der Waals surface area contributed by atoms with Gasteiger partial charge in [-0.15, -0.1) is 0 Å². The van der Waals surface area contributed by atoms with Crippen LogP contribution in [0.25, 0.3) is 11.3 Å². The number of nitrogens with one attached hydrogen (secondary N) is 1. The quantitative estimate of drug-likeness (QED) is 0.883. The molecule has 0 amide bonds. The van der Waals surface area contributed by atoms with Gasteiger partial charge in [0.25, 0.3) is 0 Å². The highest BCUT2D eigenvalue weighted by atomic mass is 32.1. The number of aromatic amines is 1. The highest BCUT2D eigenvalue weighted by Gasteiger charge is 2.24. The molecule has 1 aliphatic heterocycles. The summed E-state index contributed by atoms with van der Waals surface area (Å²) < 4.78 is 5.52. The molecule has 1 aromatic carbocycles. The zero-order valence-electron chi connectivity index (χ0n) is 14.7. The maximum Gasteiger partial charge on any atom is 0.305 e. The molecule has 2 aromatic rings. The summed E-state index contributed by atoms with van der Waals surface area (Å²) in [4.78, 5) is 18.8. The van der Waals surface area contributed by atoms with Crippen molar-refractivity contribution in [2.75, 3.05) is 13.7 Å². The SMILES string of the molecule is CCC1CCCCN1Cc1sc(=O)[nH]c1-c1cc(C)ccc1OC. The Morgan fingerprint density at radius 1 is 1.38 bits per heavy atom. The zero-order valence-corrected chi connectivity index (χ0v) is 15.5. The summed E-state index contributed by atoms with van der Waals surface area (Å²) in [5.41, 5.74) is 3.06. The first kappa shape index (κ1) is 17.2. The lowest BCUT2D eigenvalue weighted by molar-refractivity contribution is 0.137. The maximum atomic E-state index is 12.1. The number of ether oxygens (including phenoxy) is 1.